The maximum atomic E-state index is 12.6. The minimum atomic E-state index is -0.734. The summed E-state index contributed by atoms with van der Waals surface area (Å²) in [7, 11) is 0. The zero-order valence-corrected chi connectivity index (χ0v) is 23.4. The Bertz CT molecular complexity index is 1210. The van der Waals surface area contributed by atoms with Gasteiger partial charge in [-0.05, 0) is 37.5 Å². The fourth-order valence-electron chi connectivity index (χ4n) is 4.46. The van der Waals surface area contributed by atoms with Crippen molar-refractivity contribution in [3.05, 3.63) is 119 Å². The van der Waals surface area contributed by atoms with Crippen LogP contribution in [-0.4, -0.2) is 42.6 Å². The minimum Gasteiger partial charge on any atom is -0.457 e. The van der Waals surface area contributed by atoms with Gasteiger partial charge < -0.3 is 29.4 Å². The molecule has 0 bridgehead atoms. The van der Waals surface area contributed by atoms with Gasteiger partial charge >= 0.3 is 5.97 Å². The van der Waals surface area contributed by atoms with Crippen LogP contribution >= 0.6 is 0 Å². The van der Waals surface area contributed by atoms with E-state index in [-0.39, 0.29) is 12.3 Å². The van der Waals surface area contributed by atoms with Crippen molar-refractivity contribution in [1.82, 2.24) is 0 Å². The fraction of sp³-hybridized carbons (Fsp3) is 0.364. The lowest BCUT2D eigenvalue weighted by Gasteiger charge is -2.25. The zero-order chi connectivity index (χ0) is 28.4. The van der Waals surface area contributed by atoms with E-state index >= 15 is 0 Å². The normalized spacial score (nSPS) is 21.3. The third-order valence-corrected chi connectivity index (χ3v) is 6.29. The molecular weight excluding hydrogens is 506 g/mol. The molecule has 0 saturated carbocycles. The van der Waals surface area contributed by atoms with E-state index in [2.05, 4.69) is 0 Å². The van der Waals surface area contributed by atoms with Crippen LogP contribution in [0.25, 0.3) is 0 Å². The van der Waals surface area contributed by atoms with Crippen LogP contribution in [0.2, 0.25) is 0 Å². The molecule has 4 atom stereocenters. The third kappa shape index (κ3) is 9.03. The van der Waals surface area contributed by atoms with E-state index in [4.69, 9.17) is 29.4 Å². The number of nitrogens with two attached hydrogens (primary N) is 1. The van der Waals surface area contributed by atoms with Gasteiger partial charge in [0.05, 0.1) is 26.4 Å². The number of esters is 1. The predicted molar refractivity (Wildman–Crippen MR) is 153 cm³/mol. The van der Waals surface area contributed by atoms with E-state index in [1.807, 2.05) is 91.0 Å². The molecule has 1 aliphatic heterocycles. The molecule has 0 unspecified atom stereocenters. The van der Waals surface area contributed by atoms with Gasteiger partial charge in [0.25, 0.3) is 0 Å². The lowest BCUT2D eigenvalue weighted by Crippen LogP contribution is -2.40. The van der Waals surface area contributed by atoms with E-state index in [0.29, 0.717) is 19.8 Å². The highest BCUT2D eigenvalue weighted by molar-refractivity contribution is 5.83. The lowest BCUT2D eigenvalue weighted by molar-refractivity contribution is -0.148. The quantitative estimate of drug-likeness (QED) is 0.243. The summed E-state index contributed by atoms with van der Waals surface area (Å²) in [4.78, 5) is 12.6. The molecule has 0 spiro atoms. The smallest absolute Gasteiger partial charge is 0.333 e. The van der Waals surface area contributed by atoms with Crippen LogP contribution in [0, 0.1) is 0 Å². The summed E-state index contributed by atoms with van der Waals surface area (Å²) in [5, 5.41) is 0. The van der Waals surface area contributed by atoms with Gasteiger partial charge in [-0.2, -0.15) is 0 Å². The predicted octanol–water partition coefficient (Wildman–Crippen LogP) is 5.33. The number of rotatable bonds is 12. The Hall–Kier alpha value is -3.49. The van der Waals surface area contributed by atoms with E-state index in [0.717, 1.165) is 16.7 Å². The molecule has 3 aromatic rings. The Labute approximate surface area is 236 Å². The Morgan fingerprint density at radius 3 is 1.75 bits per heavy atom. The second-order valence-electron chi connectivity index (χ2n) is 10.8. The third-order valence-electron chi connectivity index (χ3n) is 6.29. The summed E-state index contributed by atoms with van der Waals surface area (Å²) in [5.41, 5.74) is 9.11. The van der Waals surface area contributed by atoms with E-state index < -0.39 is 36.0 Å². The maximum Gasteiger partial charge on any atom is 0.333 e. The van der Waals surface area contributed by atoms with E-state index in [1.165, 1.54) is 6.08 Å². The first-order valence-corrected chi connectivity index (χ1v) is 13.6. The zero-order valence-electron chi connectivity index (χ0n) is 23.4. The Kier molecular flexibility index (Phi) is 10.5. The first kappa shape index (κ1) is 29.5. The molecule has 0 radical (unpaired) electrons. The van der Waals surface area contributed by atoms with Crippen LogP contribution < -0.4 is 5.73 Å². The molecule has 1 aliphatic rings. The van der Waals surface area contributed by atoms with Gasteiger partial charge in [0.2, 0.25) is 0 Å². The van der Waals surface area contributed by atoms with Crippen molar-refractivity contribution in [2.75, 3.05) is 6.61 Å². The number of hydrogen-bond acceptors (Lipinski definition) is 7. The molecule has 0 amide bonds. The first-order valence-electron chi connectivity index (χ1n) is 13.6. The number of carbonyl (C=O) groups is 1. The standard InChI is InChI=1S/C33H39NO6/c1-33(2,3)40-29(35)19-27(34)30-32(38-22-26-17-11-6-12-18-26)31(37-21-25-15-9-5-10-16-25)28(39-30)23-36-20-24-13-7-4-8-14-24/h4-19,28,30-32H,20-23,34H2,1-3H3/b27-19+/t28-,30+,31-,32+/m1/s1. The number of carbonyl (C=O) groups excluding carboxylic acids is 1. The molecule has 0 aliphatic carbocycles. The van der Waals surface area contributed by atoms with Crippen LogP contribution in [0.5, 0.6) is 0 Å². The SMILES string of the molecule is CC(C)(C)OC(=O)/C=C(/N)[C@@H]1O[C@H](COCc2ccccc2)[C@@H](OCc2ccccc2)[C@H]1OCc1ccccc1. The van der Waals surface area contributed by atoms with Crippen LogP contribution in [0.15, 0.2) is 103 Å². The van der Waals surface area contributed by atoms with Gasteiger partial charge in [-0.1, -0.05) is 91.0 Å². The van der Waals surface area contributed by atoms with E-state index in [1.54, 1.807) is 20.8 Å². The van der Waals surface area contributed by atoms with Gasteiger partial charge in [-0.15, -0.1) is 0 Å². The highest BCUT2D eigenvalue weighted by Crippen LogP contribution is 2.32. The number of hydrogen-bond donors (Lipinski definition) is 1. The van der Waals surface area contributed by atoms with Crippen LogP contribution in [-0.2, 0) is 48.3 Å². The number of benzene rings is 3. The molecule has 1 saturated heterocycles. The largest absolute Gasteiger partial charge is 0.457 e. The van der Waals surface area contributed by atoms with Crippen molar-refractivity contribution in [2.45, 2.75) is 70.6 Å². The lowest BCUT2D eigenvalue weighted by atomic mass is 10.0. The molecule has 1 fully saturated rings. The molecule has 212 valence electrons. The maximum absolute atomic E-state index is 12.6. The van der Waals surface area contributed by atoms with Crippen molar-refractivity contribution in [1.29, 1.82) is 0 Å². The molecule has 2 N–H and O–H groups in total. The molecule has 4 rings (SSSR count). The van der Waals surface area contributed by atoms with Crippen molar-refractivity contribution >= 4 is 5.97 Å². The summed E-state index contributed by atoms with van der Waals surface area (Å²) in [6.45, 7) is 6.79. The topological polar surface area (TPSA) is 89.2 Å². The minimum absolute atomic E-state index is 0.214. The molecule has 0 aromatic heterocycles. The molecule has 7 heteroatoms. The Balaban J connectivity index is 1.56. The van der Waals surface area contributed by atoms with Gasteiger partial charge in [-0.25, -0.2) is 4.79 Å². The monoisotopic (exact) mass is 545 g/mol. The summed E-state index contributed by atoms with van der Waals surface area (Å²) in [5.74, 6) is -0.541. The van der Waals surface area contributed by atoms with Gasteiger partial charge in [-0.3, -0.25) is 0 Å². The van der Waals surface area contributed by atoms with Crippen LogP contribution in [0.4, 0.5) is 0 Å². The summed E-state index contributed by atoms with van der Waals surface area (Å²) < 4.78 is 30.8. The fourth-order valence-corrected chi connectivity index (χ4v) is 4.46. The Morgan fingerprint density at radius 2 is 1.25 bits per heavy atom. The van der Waals surface area contributed by atoms with Crippen LogP contribution in [0.3, 0.4) is 0 Å². The van der Waals surface area contributed by atoms with Crippen LogP contribution in [0.1, 0.15) is 37.5 Å². The summed E-state index contributed by atoms with van der Waals surface area (Å²) in [6, 6.07) is 29.7. The molecular formula is C33H39NO6. The summed E-state index contributed by atoms with van der Waals surface area (Å²) in [6.07, 6.45) is -1.04. The Morgan fingerprint density at radius 1 is 0.775 bits per heavy atom. The van der Waals surface area contributed by atoms with Gasteiger partial charge in [0.15, 0.2) is 0 Å². The van der Waals surface area contributed by atoms with Crippen molar-refractivity contribution in [3.63, 3.8) is 0 Å². The molecule has 7 nitrogen and oxygen atoms in total. The van der Waals surface area contributed by atoms with E-state index in [9.17, 15) is 4.79 Å². The van der Waals surface area contributed by atoms with Crippen molar-refractivity contribution in [3.8, 4) is 0 Å². The first-order chi connectivity index (χ1) is 19.3. The average Bonchev–Trinajstić information content (AvgIpc) is 3.28. The highest BCUT2D eigenvalue weighted by Gasteiger charge is 2.47. The second-order valence-corrected chi connectivity index (χ2v) is 10.8. The highest BCUT2D eigenvalue weighted by atomic mass is 16.6. The molecule has 3 aromatic carbocycles. The summed E-state index contributed by atoms with van der Waals surface area (Å²) >= 11 is 0. The number of ether oxygens (including phenoxy) is 5. The molecule has 1 heterocycles. The molecule has 40 heavy (non-hydrogen) atoms. The van der Waals surface area contributed by atoms with Gasteiger partial charge in [0, 0.05) is 11.8 Å². The second kappa shape index (κ2) is 14.2. The van der Waals surface area contributed by atoms with Crippen molar-refractivity contribution < 1.29 is 28.5 Å². The average molecular weight is 546 g/mol. The van der Waals surface area contributed by atoms with Crippen molar-refractivity contribution in [2.24, 2.45) is 5.73 Å². The van der Waals surface area contributed by atoms with Gasteiger partial charge in [0.1, 0.15) is 30.0 Å².